The third-order valence-electron chi connectivity index (χ3n) is 3.55. The predicted octanol–water partition coefficient (Wildman–Crippen LogP) is 3.10. The van der Waals surface area contributed by atoms with E-state index in [4.69, 9.17) is 0 Å². The standard InChI is InChI=1S/C13H14F2O3/c1-8-4-2-5-9(10(8)18-12(14)15)13(11(16)17)6-3-7-13/h2,4-5,12H,3,6-7H2,1H3,(H,16,17). The van der Waals surface area contributed by atoms with Crippen LogP contribution in [0.2, 0.25) is 0 Å². The molecule has 0 heterocycles. The van der Waals surface area contributed by atoms with Gasteiger partial charge in [-0.2, -0.15) is 8.78 Å². The van der Waals surface area contributed by atoms with Crippen LogP contribution in [0.5, 0.6) is 5.75 Å². The molecular formula is C13H14F2O3. The highest BCUT2D eigenvalue weighted by Gasteiger charge is 2.48. The van der Waals surface area contributed by atoms with Gasteiger partial charge in [0.2, 0.25) is 0 Å². The number of aryl methyl sites for hydroxylation is 1. The van der Waals surface area contributed by atoms with Crippen molar-refractivity contribution in [1.29, 1.82) is 0 Å². The Kier molecular flexibility index (Phi) is 3.24. The summed E-state index contributed by atoms with van der Waals surface area (Å²) in [6, 6.07) is 4.87. The van der Waals surface area contributed by atoms with E-state index < -0.39 is 18.0 Å². The van der Waals surface area contributed by atoms with Crippen LogP contribution in [-0.4, -0.2) is 17.7 Å². The van der Waals surface area contributed by atoms with Crippen molar-refractivity contribution < 1.29 is 23.4 Å². The molecule has 98 valence electrons. The minimum atomic E-state index is -2.95. The van der Waals surface area contributed by atoms with E-state index in [2.05, 4.69) is 4.74 Å². The van der Waals surface area contributed by atoms with Crippen molar-refractivity contribution in [3.8, 4) is 5.75 Å². The average molecular weight is 256 g/mol. The maximum absolute atomic E-state index is 12.4. The summed E-state index contributed by atoms with van der Waals surface area (Å²) in [5.41, 5.74) is -0.169. The number of rotatable bonds is 4. The van der Waals surface area contributed by atoms with E-state index in [0.29, 0.717) is 24.0 Å². The number of hydrogen-bond acceptors (Lipinski definition) is 2. The molecule has 1 fully saturated rings. The normalized spacial score (nSPS) is 17.3. The highest BCUT2D eigenvalue weighted by molar-refractivity contribution is 5.84. The zero-order valence-corrected chi connectivity index (χ0v) is 9.95. The van der Waals surface area contributed by atoms with Crippen molar-refractivity contribution in [2.24, 2.45) is 0 Å². The molecule has 1 aliphatic carbocycles. The van der Waals surface area contributed by atoms with Crippen molar-refractivity contribution in [2.45, 2.75) is 38.2 Å². The first-order chi connectivity index (χ1) is 8.47. The highest BCUT2D eigenvalue weighted by Crippen LogP contribution is 2.48. The summed E-state index contributed by atoms with van der Waals surface area (Å²) < 4.78 is 29.4. The number of carbonyl (C=O) groups is 1. The van der Waals surface area contributed by atoms with Crippen LogP contribution in [0.25, 0.3) is 0 Å². The van der Waals surface area contributed by atoms with Gasteiger partial charge in [0.25, 0.3) is 0 Å². The number of aliphatic carboxylic acids is 1. The lowest BCUT2D eigenvalue weighted by Crippen LogP contribution is -2.42. The Labute approximate surface area is 103 Å². The van der Waals surface area contributed by atoms with Crippen molar-refractivity contribution in [3.63, 3.8) is 0 Å². The minimum Gasteiger partial charge on any atom is -0.481 e. The third-order valence-corrected chi connectivity index (χ3v) is 3.55. The van der Waals surface area contributed by atoms with E-state index >= 15 is 0 Å². The number of benzene rings is 1. The molecule has 2 rings (SSSR count). The lowest BCUT2D eigenvalue weighted by atomic mass is 9.64. The SMILES string of the molecule is Cc1cccc(C2(C(=O)O)CCC2)c1OC(F)F. The fourth-order valence-corrected chi connectivity index (χ4v) is 2.40. The fraction of sp³-hybridized carbons (Fsp3) is 0.462. The van der Waals surface area contributed by atoms with E-state index in [1.54, 1.807) is 25.1 Å². The van der Waals surface area contributed by atoms with E-state index in [9.17, 15) is 18.7 Å². The van der Waals surface area contributed by atoms with E-state index in [1.807, 2.05) is 0 Å². The number of hydrogen-bond donors (Lipinski definition) is 1. The number of ether oxygens (including phenoxy) is 1. The van der Waals surface area contributed by atoms with Crippen molar-refractivity contribution >= 4 is 5.97 Å². The molecule has 0 unspecified atom stereocenters. The van der Waals surface area contributed by atoms with E-state index in [0.717, 1.165) is 6.42 Å². The van der Waals surface area contributed by atoms with Crippen LogP contribution in [0.1, 0.15) is 30.4 Å². The van der Waals surface area contributed by atoms with E-state index in [1.165, 1.54) is 0 Å². The van der Waals surface area contributed by atoms with Crippen LogP contribution < -0.4 is 4.74 Å². The van der Waals surface area contributed by atoms with Crippen molar-refractivity contribution in [3.05, 3.63) is 29.3 Å². The number of carboxylic acids is 1. The Morgan fingerprint density at radius 3 is 2.56 bits per heavy atom. The molecule has 0 saturated heterocycles. The second-order valence-corrected chi connectivity index (χ2v) is 4.57. The smallest absolute Gasteiger partial charge is 0.387 e. The molecule has 3 nitrogen and oxygen atoms in total. The summed E-state index contributed by atoms with van der Waals surface area (Å²) in [5, 5.41) is 9.34. The van der Waals surface area contributed by atoms with Gasteiger partial charge in [0.15, 0.2) is 0 Å². The molecule has 0 aromatic heterocycles. The summed E-state index contributed by atoms with van der Waals surface area (Å²) in [7, 11) is 0. The Bertz CT molecular complexity index is 467. The molecule has 0 spiro atoms. The molecule has 18 heavy (non-hydrogen) atoms. The summed E-state index contributed by atoms with van der Waals surface area (Å²) in [4.78, 5) is 11.4. The summed E-state index contributed by atoms with van der Waals surface area (Å²) in [5.74, 6) is -0.965. The second-order valence-electron chi connectivity index (χ2n) is 4.57. The Balaban J connectivity index is 2.49. The van der Waals surface area contributed by atoms with Gasteiger partial charge < -0.3 is 9.84 Å². The van der Waals surface area contributed by atoms with Crippen LogP contribution in [0.3, 0.4) is 0 Å². The lowest BCUT2D eigenvalue weighted by Gasteiger charge is -2.39. The first-order valence-corrected chi connectivity index (χ1v) is 5.76. The Morgan fingerprint density at radius 1 is 1.44 bits per heavy atom. The van der Waals surface area contributed by atoms with Gasteiger partial charge in [-0.05, 0) is 25.3 Å². The molecule has 1 aliphatic rings. The molecule has 1 aromatic carbocycles. The Hall–Kier alpha value is -1.65. The monoisotopic (exact) mass is 256 g/mol. The molecule has 5 heteroatoms. The molecule has 0 bridgehead atoms. The largest absolute Gasteiger partial charge is 0.481 e. The minimum absolute atomic E-state index is 0.00889. The Morgan fingerprint density at radius 2 is 2.11 bits per heavy atom. The lowest BCUT2D eigenvalue weighted by molar-refractivity contribution is -0.147. The zero-order valence-electron chi connectivity index (χ0n) is 9.95. The molecular weight excluding hydrogens is 242 g/mol. The topological polar surface area (TPSA) is 46.5 Å². The number of alkyl halides is 2. The molecule has 1 saturated carbocycles. The molecule has 1 N–H and O–H groups in total. The number of para-hydroxylation sites is 1. The molecule has 0 amide bonds. The van der Waals surface area contributed by atoms with Gasteiger partial charge in [-0.25, -0.2) is 0 Å². The van der Waals surface area contributed by atoms with Crippen molar-refractivity contribution in [1.82, 2.24) is 0 Å². The second kappa shape index (κ2) is 4.55. The maximum Gasteiger partial charge on any atom is 0.387 e. The van der Waals surface area contributed by atoms with Crippen molar-refractivity contribution in [2.75, 3.05) is 0 Å². The van der Waals surface area contributed by atoms with Crippen LogP contribution >= 0.6 is 0 Å². The molecule has 0 atom stereocenters. The van der Waals surface area contributed by atoms with Gasteiger partial charge in [-0.1, -0.05) is 24.6 Å². The average Bonchev–Trinajstić information content (AvgIpc) is 2.20. The van der Waals surface area contributed by atoms with Crippen LogP contribution in [-0.2, 0) is 10.2 Å². The molecule has 0 radical (unpaired) electrons. The quantitative estimate of drug-likeness (QED) is 0.900. The van der Waals surface area contributed by atoms with Gasteiger partial charge in [0.1, 0.15) is 5.75 Å². The first kappa shape index (κ1) is 12.8. The van der Waals surface area contributed by atoms with Crippen LogP contribution in [0.4, 0.5) is 8.78 Å². The van der Waals surface area contributed by atoms with Gasteiger partial charge in [-0.3, -0.25) is 4.79 Å². The third kappa shape index (κ3) is 1.94. The number of carboxylic acid groups (broad SMARTS) is 1. The van der Waals surface area contributed by atoms with Crippen LogP contribution in [0.15, 0.2) is 18.2 Å². The molecule has 1 aromatic rings. The van der Waals surface area contributed by atoms with Crippen LogP contribution in [0, 0.1) is 6.92 Å². The predicted molar refractivity (Wildman–Crippen MR) is 61.0 cm³/mol. The van der Waals surface area contributed by atoms with Gasteiger partial charge in [0, 0.05) is 5.56 Å². The van der Waals surface area contributed by atoms with Gasteiger partial charge in [0.05, 0.1) is 5.41 Å². The summed E-state index contributed by atoms with van der Waals surface area (Å²) in [6.07, 6.45) is 1.71. The number of halogens is 2. The highest BCUT2D eigenvalue weighted by atomic mass is 19.3. The van der Waals surface area contributed by atoms with Gasteiger partial charge in [-0.15, -0.1) is 0 Å². The maximum atomic E-state index is 12.4. The molecule has 0 aliphatic heterocycles. The summed E-state index contributed by atoms with van der Waals surface area (Å²) >= 11 is 0. The zero-order chi connectivity index (χ0) is 13.3. The van der Waals surface area contributed by atoms with Gasteiger partial charge >= 0.3 is 12.6 Å². The summed E-state index contributed by atoms with van der Waals surface area (Å²) in [6.45, 7) is -1.31. The fourth-order valence-electron chi connectivity index (χ4n) is 2.40. The van der Waals surface area contributed by atoms with E-state index in [-0.39, 0.29) is 5.75 Å². The first-order valence-electron chi connectivity index (χ1n) is 5.76.